The Hall–Kier alpha value is -2.16. The molecule has 2 fully saturated rings. The summed E-state index contributed by atoms with van der Waals surface area (Å²) >= 11 is 6.52. The number of rotatable bonds is 7. The molecule has 4 rings (SSSR count). The molecule has 0 saturated carbocycles. The van der Waals surface area contributed by atoms with E-state index < -0.39 is 30.7 Å². The summed E-state index contributed by atoms with van der Waals surface area (Å²) in [6.45, 7) is 0.860. The summed E-state index contributed by atoms with van der Waals surface area (Å²) in [6, 6.07) is 11.4. The minimum atomic E-state index is -1.20. The monoisotopic (exact) mass is 462 g/mol. The normalized spacial score (nSPS) is 25.7. The molecular weight excluding hydrogens is 436 g/mol. The number of Topliss-reactive ketones (excluding diaryl/α,β-unsaturated/α-hetero) is 1. The molecule has 4 atom stereocenters. The lowest BCUT2D eigenvalue weighted by Crippen LogP contribution is -2.43. The lowest BCUT2D eigenvalue weighted by molar-refractivity contribution is -0.162. The van der Waals surface area contributed by atoms with E-state index in [1.165, 1.54) is 7.11 Å². The zero-order chi connectivity index (χ0) is 22.7. The molecule has 0 amide bonds. The van der Waals surface area contributed by atoms with Gasteiger partial charge in [0.05, 0.1) is 33.0 Å². The fraction of sp³-hybridized carbons (Fsp3) is 0.458. The van der Waals surface area contributed by atoms with Gasteiger partial charge in [0, 0.05) is 23.4 Å². The number of aliphatic hydroxyl groups excluding tert-OH is 2. The maximum absolute atomic E-state index is 12.0. The van der Waals surface area contributed by atoms with Gasteiger partial charge in [0.1, 0.15) is 29.8 Å². The van der Waals surface area contributed by atoms with Gasteiger partial charge in [-0.1, -0.05) is 23.7 Å². The zero-order valence-corrected chi connectivity index (χ0v) is 18.6. The first kappa shape index (κ1) is 23.0. The van der Waals surface area contributed by atoms with Crippen LogP contribution in [0.15, 0.2) is 36.4 Å². The summed E-state index contributed by atoms with van der Waals surface area (Å²) in [4.78, 5) is 12.0. The largest absolute Gasteiger partial charge is 0.496 e. The number of aliphatic hydroxyl groups is 2. The predicted octanol–water partition coefficient (Wildman–Crippen LogP) is 2.86. The van der Waals surface area contributed by atoms with Crippen molar-refractivity contribution in [3.05, 3.63) is 58.1 Å². The highest BCUT2D eigenvalue weighted by atomic mass is 35.5. The molecule has 0 bridgehead atoms. The molecule has 4 unspecified atom stereocenters. The summed E-state index contributed by atoms with van der Waals surface area (Å²) in [6.07, 6.45) is -1.22. The highest BCUT2D eigenvalue weighted by molar-refractivity contribution is 6.31. The second-order valence-corrected chi connectivity index (χ2v) is 8.47. The number of halogens is 1. The minimum Gasteiger partial charge on any atom is -0.496 e. The number of ketones is 1. The van der Waals surface area contributed by atoms with Crippen LogP contribution in [0.5, 0.6) is 11.5 Å². The van der Waals surface area contributed by atoms with E-state index in [0.29, 0.717) is 29.4 Å². The van der Waals surface area contributed by atoms with Gasteiger partial charge in [0.2, 0.25) is 0 Å². The van der Waals surface area contributed by atoms with Crippen molar-refractivity contribution in [1.29, 1.82) is 0 Å². The molecule has 2 aromatic rings. The van der Waals surface area contributed by atoms with Crippen LogP contribution in [0.4, 0.5) is 0 Å². The maximum Gasteiger partial charge on any atom is 0.192 e. The Morgan fingerprint density at radius 1 is 1.22 bits per heavy atom. The molecule has 32 heavy (non-hydrogen) atoms. The van der Waals surface area contributed by atoms with E-state index in [1.54, 1.807) is 6.07 Å². The van der Waals surface area contributed by atoms with Gasteiger partial charge < -0.3 is 29.2 Å². The highest BCUT2D eigenvalue weighted by Crippen LogP contribution is 2.39. The molecule has 2 aromatic carbocycles. The average Bonchev–Trinajstić information content (AvgIpc) is 3.31. The van der Waals surface area contributed by atoms with Gasteiger partial charge in [-0.15, -0.1) is 0 Å². The van der Waals surface area contributed by atoms with Crippen molar-refractivity contribution in [2.45, 2.75) is 43.7 Å². The summed E-state index contributed by atoms with van der Waals surface area (Å²) in [5.41, 5.74) is 2.58. The molecule has 2 saturated heterocycles. The summed E-state index contributed by atoms with van der Waals surface area (Å²) in [7, 11) is 1.52. The third kappa shape index (κ3) is 5.08. The van der Waals surface area contributed by atoms with Crippen molar-refractivity contribution in [3.63, 3.8) is 0 Å². The first-order valence-corrected chi connectivity index (χ1v) is 11.0. The molecule has 0 aliphatic carbocycles. The van der Waals surface area contributed by atoms with Crippen molar-refractivity contribution in [2.75, 3.05) is 26.9 Å². The number of benzene rings is 2. The van der Waals surface area contributed by atoms with Crippen molar-refractivity contribution < 1.29 is 34.0 Å². The summed E-state index contributed by atoms with van der Waals surface area (Å²) in [5.74, 6) is 0.794. The van der Waals surface area contributed by atoms with Crippen LogP contribution < -0.4 is 9.47 Å². The SMILES string of the molecule is COc1cc(Cl)c(Cc2ccc(OC3CCOC3)cc2)cc1C1CC(O)C(=O)C(CO)O1. The lowest BCUT2D eigenvalue weighted by atomic mass is 9.92. The number of hydrogen-bond acceptors (Lipinski definition) is 7. The van der Waals surface area contributed by atoms with E-state index in [2.05, 4.69) is 0 Å². The Labute approximate surface area is 191 Å². The second kappa shape index (κ2) is 10.2. The molecule has 8 heteroatoms. The van der Waals surface area contributed by atoms with Crippen molar-refractivity contribution in [2.24, 2.45) is 0 Å². The fourth-order valence-corrected chi connectivity index (χ4v) is 4.30. The Bertz CT molecular complexity index is 940. The third-order valence-corrected chi connectivity index (χ3v) is 6.18. The third-order valence-electron chi connectivity index (χ3n) is 5.83. The maximum atomic E-state index is 12.0. The average molecular weight is 463 g/mol. The summed E-state index contributed by atoms with van der Waals surface area (Å²) < 4.78 is 22.5. The van der Waals surface area contributed by atoms with E-state index in [-0.39, 0.29) is 12.5 Å². The van der Waals surface area contributed by atoms with Gasteiger partial charge in [0.25, 0.3) is 0 Å². The van der Waals surface area contributed by atoms with Gasteiger partial charge >= 0.3 is 0 Å². The van der Waals surface area contributed by atoms with Crippen LogP contribution in [-0.2, 0) is 20.7 Å². The van der Waals surface area contributed by atoms with E-state index in [4.69, 9.17) is 30.5 Å². The Morgan fingerprint density at radius 2 is 2.00 bits per heavy atom. The Kier molecular flexibility index (Phi) is 7.33. The van der Waals surface area contributed by atoms with Crippen molar-refractivity contribution in [3.8, 4) is 11.5 Å². The van der Waals surface area contributed by atoms with Crippen LogP contribution in [0.25, 0.3) is 0 Å². The lowest BCUT2D eigenvalue weighted by Gasteiger charge is -2.32. The Balaban J connectivity index is 1.53. The van der Waals surface area contributed by atoms with E-state index in [1.807, 2.05) is 30.3 Å². The van der Waals surface area contributed by atoms with Gasteiger partial charge in [0.15, 0.2) is 5.78 Å². The van der Waals surface area contributed by atoms with Crippen LogP contribution in [-0.4, -0.2) is 61.2 Å². The molecule has 0 aromatic heterocycles. The molecule has 172 valence electrons. The number of carbonyl (C=O) groups is 1. The van der Waals surface area contributed by atoms with Gasteiger partial charge in [-0.05, 0) is 41.8 Å². The fourth-order valence-electron chi connectivity index (χ4n) is 4.07. The molecular formula is C24H27ClO7. The first-order chi connectivity index (χ1) is 15.5. The quantitative estimate of drug-likeness (QED) is 0.653. The topological polar surface area (TPSA) is 94.5 Å². The van der Waals surface area contributed by atoms with Gasteiger partial charge in [-0.25, -0.2) is 0 Å². The molecule has 2 N–H and O–H groups in total. The van der Waals surface area contributed by atoms with Crippen LogP contribution in [0, 0.1) is 0 Å². The number of hydrogen-bond donors (Lipinski definition) is 2. The molecule has 7 nitrogen and oxygen atoms in total. The standard InChI is InChI=1S/C24H27ClO7/c1-29-21-10-19(25)15(9-18(21)22-11-20(27)24(28)23(12-26)32-22)8-14-2-4-16(5-3-14)31-17-6-7-30-13-17/h2-5,9-10,17,20,22-23,26-27H,6-8,11-13H2,1H3. The number of ether oxygens (including phenoxy) is 4. The molecule has 2 aliphatic rings. The van der Waals surface area contributed by atoms with Gasteiger partial charge in [-0.3, -0.25) is 4.79 Å². The van der Waals surface area contributed by atoms with Crippen LogP contribution >= 0.6 is 11.6 Å². The molecule has 2 aliphatic heterocycles. The number of methoxy groups -OCH3 is 1. The molecule has 2 heterocycles. The summed E-state index contributed by atoms with van der Waals surface area (Å²) in [5, 5.41) is 20.1. The number of carbonyl (C=O) groups excluding carboxylic acids is 1. The second-order valence-electron chi connectivity index (χ2n) is 8.06. The van der Waals surface area contributed by atoms with E-state index in [0.717, 1.165) is 29.9 Å². The van der Waals surface area contributed by atoms with E-state index in [9.17, 15) is 15.0 Å². The first-order valence-electron chi connectivity index (χ1n) is 10.7. The van der Waals surface area contributed by atoms with E-state index >= 15 is 0 Å². The molecule has 0 radical (unpaired) electrons. The van der Waals surface area contributed by atoms with Crippen LogP contribution in [0.2, 0.25) is 5.02 Å². The minimum absolute atomic E-state index is 0.0870. The molecule has 0 spiro atoms. The van der Waals surface area contributed by atoms with Crippen LogP contribution in [0.1, 0.15) is 35.6 Å². The smallest absolute Gasteiger partial charge is 0.192 e. The van der Waals surface area contributed by atoms with Crippen molar-refractivity contribution >= 4 is 17.4 Å². The predicted molar refractivity (Wildman–Crippen MR) is 117 cm³/mol. The van der Waals surface area contributed by atoms with Crippen molar-refractivity contribution in [1.82, 2.24) is 0 Å². The Morgan fingerprint density at radius 3 is 2.66 bits per heavy atom. The van der Waals surface area contributed by atoms with Gasteiger partial charge in [-0.2, -0.15) is 0 Å². The van der Waals surface area contributed by atoms with Crippen LogP contribution in [0.3, 0.4) is 0 Å². The highest BCUT2D eigenvalue weighted by Gasteiger charge is 2.37. The zero-order valence-electron chi connectivity index (χ0n) is 17.8.